The number of amidine groups is 1. The largest absolute Gasteiger partial charge is 0.497 e. The topological polar surface area (TPSA) is 45.1 Å². The van der Waals surface area contributed by atoms with Gasteiger partial charge in [0.1, 0.15) is 5.75 Å². The zero-order chi connectivity index (χ0) is 18.8. The lowest BCUT2D eigenvalue weighted by molar-refractivity contribution is -0.111. The Morgan fingerprint density at radius 2 is 1.74 bits per heavy atom. The van der Waals surface area contributed by atoms with Crippen LogP contribution in [0.5, 0.6) is 5.75 Å². The maximum Gasteiger partial charge on any atom is 0.198 e. The van der Waals surface area contributed by atoms with Gasteiger partial charge in [-0.15, -0.1) is 16.4 Å². The van der Waals surface area contributed by atoms with Gasteiger partial charge in [-0.25, -0.2) is 5.01 Å². The van der Waals surface area contributed by atoms with Crippen LogP contribution in [0.25, 0.3) is 0 Å². The third-order valence-electron chi connectivity index (χ3n) is 4.39. The second-order valence-corrected chi connectivity index (χ2v) is 7.10. The van der Waals surface area contributed by atoms with Crippen molar-refractivity contribution in [2.75, 3.05) is 17.0 Å². The van der Waals surface area contributed by atoms with Crippen molar-refractivity contribution in [3.05, 3.63) is 77.0 Å². The minimum absolute atomic E-state index is 0.0780. The molecule has 0 bridgehead atoms. The number of hydrogen-bond acceptors (Lipinski definition) is 6. The van der Waals surface area contributed by atoms with Gasteiger partial charge in [-0.2, -0.15) is 0 Å². The predicted octanol–water partition coefficient (Wildman–Crippen LogP) is 4.68. The molecule has 1 aliphatic heterocycles. The molecule has 6 heteroatoms. The van der Waals surface area contributed by atoms with E-state index in [1.807, 2.05) is 76.0 Å². The lowest BCUT2D eigenvalue weighted by Crippen LogP contribution is -2.37. The van der Waals surface area contributed by atoms with Gasteiger partial charge in [0.05, 0.1) is 12.8 Å². The van der Waals surface area contributed by atoms with E-state index in [4.69, 9.17) is 9.84 Å². The van der Waals surface area contributed by atoms with Crippen LogP contribution >= 0.6 is 11.3 Å². The zero-order valence-corrected chi connectivity index (χ0v) is 15.9. The van der Waals surface area contributed by atoms with Crippen LogP contribution in [0.3, 0.4) is 0 Å². The fraction of sp³-hybridized carbons (Fsp3) is 0.143. The number of hydrazone groups is 1. The van der Waals surface area contributed by atoms with Crippen LogP contribution in [0.2, 0.25) is 0 Å². The normalized spacial score (nSPS) is 16.4. The van der Waals surface area contributed by atoms with E-state index < -0.39 is 0 Å². The molecular weight excluding hydrogens is 358 g/mol. The summed E-state index contributed by atoms with van der Waals surface area (Å²) >= 11 is 1.65. The Morgan fingerprint density at radius 1 is 1.00 bits per heavy atom. The van der Waals surface area contributed by atoms with Crippen molar-refractivity contribution in [1.29, 1.82) is 0 Å². The Hall–Kier alpha value is -3.12. The van der Waals surface area contributed by atoms with Gasteiger partial charge in [-0.1, -0.05) is 24.3 Å². The minimum atomic E-state index is -0.223. The van der Waals surface area contributed by atoms with E-state index in [1.54, 1.807) is 25.4 Å². The minimum Gasteiger partial charge on any atom is -0.497 e. The molecule has 5 nitrogen and oxygen atoms in total. The SMILES string of the molecule is COc1ccc(N2C(C(C)=O)=NN(c3ccccc3)[C@H]2c2cccs2)cc1. The number of Topliss-reactive ketones (excluding diaryl/α,β-unsaturated/α-hetero) is 1. The van der Waals surface area contributed by atoms with Gasteiger partial charge < -0.3 is 4.74 Å². The summed E-state index contributed by atoms with van der Waals surface area (Å²) in [5.41, 5.74) is 1.83. The Morgan fingerprint density at radius 3 is 2.33 bits per heavy atom. The number of nitrogens with zero attached hydrogens (tertiary/aromatic N) is 3. The molecule has 4 rings (SSSR count). The van der Waals surface area contributed by atoms with Crippen molar-refractivity contribution >= 4 is 34.3 Å². The smallest absolute Gasteiger partial charge is 0.198 e. The molecule has 27 heavy (non-hydrogen) atoms. The van der Waals surface area contributed by atoms with Crippen molar-refractivity contribution < 1.29 is 9.53 Å². The third kappa shape index (κ3) is 3.19. The van der Waals surface area contributed by atoms with Gasteiger partial charge in [0, 0.05) is 17.5 Å². The van der Waals surface area contributed by atoms with E-state index in [0.29, 0.717) is 5.84 Å². The molecule has 0 radical (unpaired) electrons. The molecular formula is C21H19N3O2S. The number of thiophene rings is 1. The summed E-state index contributed by atoms with van der Waals surface area (Å²) in [4.78, 5) is 15.5. The van der Waals surface area contributed by atoms with Crippen LogP contribution in [0.15, 0.2) is 77.2 Å². The Kier molecular flexibility index (Phi) is 4.64. The van der Waals surface area contributed by atoms with Gasteiger partial charge >= 0.3 is 0 Å². The summed E-state index contributed by atoms with van der Waals surface area (Å²) in [6.45, 7) is 1.55. The number of anilines is 2. The maximum absolute atomic E-state index is 12.4. The summed E-state index contributed by atoms with van der Waals surface area (Å²) in [7, 11) is 1.64. The highest BCUT2D eigenvalue weighted by molar-refractivity contribution is 7.10. The average molecular weight is 377 g/mol. The van der Waals surface area contributed by atoms with Crippen molar-refractivity contribution in [1.82, 2.24) is 0 Å². The zero-order valence-electron chi connectivity index (χ0n) is 15.1. The highest BCUT2D eigenvalue weighted by Gasteiger charge is 2.39. The molecule has 1 aliphatic rings. The van der Waals surface area contributed by atoms with Crippen LogP contribution in [0.4, 0.5) is 11.4 Å². The molecule has 2 heterocycles. The molecule has 1 atom stereocenters. The molecule has 1 aromatic heterocycles. The van der Waals surface area contributed by atoms with Crippen LogP contribution < -0.4 is 14.6 Å². The molecule has 0 saturated carbocycles. The van der Waals surface area contributed by atoms with E-state index in [-0.39, 0.29) is 11.9 Å². The van der Waals surface area contributed by atoms with E-state index in [0.717, 1.165) is 22.0 Å². The van der Waals surface area contributed by atoms with E-state index in [2.05, 4.69) is 6.07 Å². The van der Waals surface area contributed by atoms with E-state index >= 15 is 0 Å². The molecule has 0 unspecified atom stereocenters. The first kappa shape index (κ1) is 17.3. The highest BCUT2D eigenvalue weighted by atomic mass is 32.1. The Labute approximate surface area is 162 Å². The van der Waals surface area contributed by atoms with E-state index in [9.17, 15) is 4.79 Å². The summed E-state index contributed by atoms with van der Waals surface area (Å²) in [5, 5.41) is 8.65. The lowest BCUT2D eigenvalue weighted by Gasteiger charge is -2.31. The number of benzene rings is 2. The van der Waals surface area contributed by atoms with Crippen LogP contribution in [0, 0.1) is 0 Å². The molecule has 0 amide bonds. The number of rotatable bonds is 5. The summed E-state index contributed by atoms with van der Waals surface area (Å²) in [5.74, 6) is 1.11. The lowest BCUT2D eigenvalue weighted by atomic mass is 10.2. The first-order valence-electron chi connectivity index (χ1n) is 8.59. The summed E-state index contributed by atoms with van der Waals surface area (Å²) in [6.07, 6.45) is -0.223. The quantitative estimate of drug-likeness (QED) is 0.647. The first-order valence-corrected chi connectivity index (χ1v) is 9.47. The monoisotopic (exact) mass is 377 g/mol. The summed E-state index contributed by atoms with van der Waals surface area (Å²) < 4.78 is 5.27. The molecule has 0 spiro atoms. The maximum atomic E-state index is 12.4. The second-order valence-electron chi connectivity index (χ2n) is 6.12. The number of hydrogen-bond donors (Lipinski definition) is 0. The number of para-hydroxylation sites is 1. The Balaban J connectivity index is 1.85. The molecule has 0 aliphatic carbocycles. The van der Waals surface area contributed by atoms with Gasteiger partial charge in [-0.05, 0) is 47.8 Å². The second kappa shape index (κ2) is 7.25. The fourth-order valence-electron chi connectivity index (χ4n) is 3.14. The number of carbonyl (C=O) groups excluding carboxylic acids is 1. The van der Waals surface area contributed by atoms with Gasteiger partial charge in [0.15, 0.2) is 17.8 Å². The standard InChI is InChI=1S/C21H19N3O2S/c1-15(25)20-22-24(17-7-4-3-5-8-17)21(19-9-6-14-27-19)23(20)16-10-12-18(26-2)13-11-16/h3-14,21H,1-2H3/t21-/m0/s1. The number of ketones is 1. The van der Waals surface area contributed by atoms with Crippen molar-refractivity contribution in [2.24, 2.45) is 5.10 Å². The predicted molar refractivity (Wildman–Crippen MR) is 110 cm³/mol. The number of ether oxygens (including phenoxy) is 1. The number of carbonyl (C=O) groups is 1. The van der Waals surface area contributed by atoms with Crippen molar-refractivity contribution in [3.8, 4) is 5.75 Å². The number of methoxy groups -OCH3 is 1. The average Bonchev–Trinajstić information content (AvgIpc) is 3.36. The van der Waals surface area contributed by atoms with Crippen molar-refractivity contribution in [3.63, 3.8) is 0 Å². The molecule has 0 saturated heterocycles. The molecule has 0 fully saturated rings. The van der Waals surface area contributed by atoms with Crippen molar-refractivity contribution in [2.45, 2.75) is 13.1 Å². The molecule has 3 aromatic rings. The third-order valence-corrected chi connectivity index (χ3v) is 5.30. The van der Waals surface area contributed by atoms with Gasteiger partial charge in [-0.3, -0.25) is 9.69 Å². The van der Waals surface area contributed by atoms with Crippen LogP contribution in [-0.4, -0.2) is 18.7 Å². The van der Waals surface area contributed by atoms with E-state index in [1.165, 1.54) is 0 Å². The Bertz CT molecular complexity index is 953. The highest BCUT2D eigenvalue weighted by Crippen LogP contribution is 2.40. The molecule has 2 aromatic carbocycles. The van der Waals surface area contributed by atoms with Crippen LogP contribution in [0.1, 0.15) is 18.0 Å². The fourth-order valence-corrected chi connectivity index (χ4v) is 3.94. The van der Waals surface area contributed by atoms with Crippen LogP contribution in [-0.2, 0) is 4.79 Å². The van der Waals surface area contributed by atoms with Gasteiger partial charge in [0.25, 0.3) is 0 Å². The van der Waals surface area contributed by atoms with Gasteiger partial charge in [0.2, 0.25) is 0 Å². The summed E-state index contributed by atoms with van der Waals surface area (Å²) in [6, 6.07) is 21.7. The molecule has 136 valence electrons. The first-order chi connectivity index (χ1) is 13.2. The molecule has 0 N–H and O–H groups in total.